The molecule has 1 N–H and O–H groups in total. The molecule has 0 unspecified atom stereocenters. The minimum atomic E-state index is 0.264. The van der Waals surface area contributed by atoms with Gasteiger partial charge in [0.25, 0.3) is 0 Å². The third kappa shape index (κ3) is 2.87. The first-order valence-corrected chi connectivity index (χ1v) is 6.84. The molecule has 0 amide bonds. The fourth-order valence-corrected chi connectivity index (χ4v) is 2.62. The van der Waals surface area contributed by atoms with Crippen molar-refractivity contribution in [2.75, 3.05) is 7.05 Å². The lowest BCUT2D eigenvalue weighted by Gasteiger charge is -2.22. The molecule has 0 aliphatic carbocycles. The fourth-order valence-electron chi connectivity index (χ4n) is 2.62. The summed E-state index contributed by atoms with van der Waals surface area (Å²) in [7, 11) is 2.04. The summed E-state index contributed by atoms with van der Waals surface area (Å²) in [6.07, 6.45) is 0. The number of aryl methyl sites for hydroxylation is 4. The van der Waals surface area contributed by atoms with Crippen LogP contribution in [0.15, 0.2) is 36.4 Å². The van der Waals surface area contributed by atoms with Crippen molar-refractivity contribution in [2.45, 2.75) is 33.7 Å². The van der Waals surface area contributed by atoms with E-state index in [1.165, 1.54) is 33.4 Å². The van der Waals surface area contributed by atoms with Crippen LogP contribution < -0.4 is 5.32 Å². The van der Waals surface area contributed by atoms with Crippen LogP contribution in [0.3, 0.4) is 0 Å². The molecule has 0 saturated heterocycles. The molecule has 0 aromatic heterocycles. The Balaban J connectivity index is 2.55. The van der Waals surface area contributed by atoms with Gasteiger partial charge in [0, 0.05) is 0 Å². The molecule has 19 heavy (non-hydrogen) atoms. The molecule has 0 radical (unpaired) electrons. The van der Waals surface area contributed by atoms with Gasteiger partial charge in [-0.2, -0.15) is 0 Å². The first kappa shape index (κ1) is 13.8. The summed E-state index contributed by atoms with van der Waals surface area (Å²) < 4.78 is 0. The van der Waals surface area contributed by atoms with Crippen molar-refractivity contribution in [1.82, 2.24) is 5.32 Å². The van der Waals surface area contributed by atoms with Crippen LogP contribution in [0.25, 0.3) is 0 Å². The number of nitrogens with one attached hydrogen (secondary N) is 1. The lowest BCUT2D eigenvalue weighted by molar-refractivity contribution is 0.682. The zero-order valence-corrected chi connectivity index (χ0v) is 12.5. The Kier molecular flexibility index (Phi) is 4.06. The first-order chi connectivity index (χ1) is 9.02. The van der Waals surface area contributed by atoms with Gasteiger partial charge in [0.15, 0.2) is 0 Å². The van der Waals surface area contributed by atoms with Crippen LogP contribution in [0.5, 0.6) is 0 Å². The highest BCUT2D eigenvalue weighted by atomic mass is 14.9. The predicted octanol–water partition coefficient (Wildman–Crippen LogP) is 4.23. The number of hydrogen-bond acceptors (Lipinski definition) is 1. The van der Waals surface area contributed by atoms with Gasteiger partial charge in [-0.15, -0.1) is 0 Å². The van der Waals surface area contributed by atoms with Crippen LogP contribution in [0, 0.1) is 27.7 Å². The summed E-state index contributed by atoms with van der Waals surface area (Å²) in [6.45, 7) is 8.67. The molecule has 0 atom stereocenters. The minimum Gasteiger partial charge on any atom is -0.309 e. The lowest BCUT2D eigenvalue weighted by Crippen LogP contribution is -2.20. The molecule has 1 heteroatoms. The molecule has 1 nitrogen and oxygen atoms in total. The van der Waals surface area contributed by atoms with Gasteiger partial charge in [-0.05, 0) is 57.0 Å². The maximum Gasteiger partial charge on any atom is 0.0579 e. The van der Waals surface area contributed by atoms with Crippen LogP contribution in [-0.4, -0.2) is 7.05 Å². The largest absolute Gasteiger partial charge is 0.309 e. The quantitative estimate of drug-likeness (QED) is 0.863. The molecule has 0 fully saturated rings. The summed E-state index contributed by atoms with van der Waals surface area (Å²) in [5.74, 6) is 0. The summed E-state index contributed by atoms with van der Waals surface area (Å²) in [6, 6.07) is 13.6. The van der Waals surface area contributed by atoms with Crippen molar-refractivity contribution in [3.63, 3.8) is 0 Å². The molecule has 0 bridgehead atoms. The van der Waals surface area contributed by atoms with Crippen LogP contribution in [0.4, 0.5) is 0 Å². The van der Waals surface area contributed by atoms with Gasteiger partial charge in [-0.3, -0.25) is 0 Å². The molecular formula is C18H23N. The van der Waals surface area contributed by atoms with E-state index >= 15 is 0 Å². The zero-order valence-electron chi connectivity index (χ0n) is 12.5. The van der Waals surface area contributed by atoms with E-state index in [9.17, 15) is 0 Å². The van der Waals surface area contributed by atoms with Crippen LogP contribution in [0.2, 0.25) is 0 Å². The normalized spacial score (nSPS) is 11.1. The van der Waals surface area contributed by atoms with E-state index in [0.29, 0.717) is 0 Å². The number of benzene rings is 2. The van der Waals surface area contributed by atoms with Crippen molar-refractivity contribution >= 4 is 0 Å². The second-order valence-electron chi connectivity index (χ2n) is 5.44. The average Bonchev–Trinajstić information content (AvgIpc) is 2.38. The molecule has 100 valence electrons. The molecule has 0 heterocycles. The highest BCUT2D eigenvalue weighted by molar-refractivity contribution is 5.43. The molecule has 0 aliphatic heterocycles. The van der Waals surface area contributed by atoms with Crippen LogP contribution in [-0.2, 0) is 0 Å². The smallest absolute Gasteiger partial charge is 0.0579 e. The second kappa shape index (κ2) is 5.58. The summed E-state index contributed by atoms with van der Waals surface area (Å²) in [5.41, 5.74) is 8.04. The Morgan fingerprint density at radius 2 is 1.16 bits per heavy atom. The molecule has 2 aromatic rings. The maximum absolute atomic E-state index is 3.47. The fraction of sp³-hybridized carbons (Fsp3) is 0.333. The van der Waals surface area contributed by atoms with Crippen molar-refractivity contribution in [3.8, 4) is 0 Å². The summed E-state index contributed by atoms with van der Waals surface area (Å²) in [5, 5.41) is 3.47. The first-order valence-electron chi connectivity index (χ1n) is 6.84. The standard InChI is InChI=1S/C18H23N/c1-12-6-8-14(3)16(10-12)18(19-5)17-11-13(2)7-9-15(17)4/h6-11,18-19H,1-5H3. The average molecular weight is 253 g/mol. The van der Waals surface area contributed by atoms with Gasteiger partial charge in [0.05, 0.1) is 6.04 Å². The third-order valence-electron chi connectivity index (χ3n) is 3.78. The van der Waals surface area contributed by atoms with E-state index in [0.717, 1.165) is 0 Å². The molecular weight excluding hydrogens is 230 g/mol. The van der Waals surface area contributed by atoms with E-state index in [2.05, 4.69) is 69.4 Å². The molecule has 2 aromatic carbocycles. The second-order valence-corrected chi connectivity index (χ2v) is 5.44. The van der Waals surface area contributed by atoms with E-state index < -0.39 is 0 Å². The SMILES string of the molecule is CNC(c1cc(C)ccc1C)c1cc(C)ccc1C. The summed E-state index contributed by atoms with van der Waals surface area (Å²) >= 11 is 0. The van der Waals surface area contributed by atoms with Gasteiger partial charge in [0.2, 0.25) is 0 Å². The van der Waals surface area contributed by atoms with E-state index in [4.69, 9.17) is 0 Å². The molecule has 2 rings (SSSR count). The topological polar surface area (TPSA) is 12.0 Å². The molecule has 0 spiro atoms. The van der Waals surface area contributed by atoms with Gasteiger partial charge >= 0.3 is 0 Å². The van der Waals surface area contributed by atoms with Crippen LogP contribution >= 0.6 is 0 Å². The Labute approximate surface area is 116 Å². The Morgan fingerprint density at radius 3 is 1.53 bits per heavy atom. The van der Waals surface area contributed by atoms with Gasteiger partial charge < -0.3 is 5.32 Å². The highest BCUT2D eigenvalue weighted by Gasteiger charge is 2.16. The predicted molar refractivity (Wildman–Crippen MR) is 82.7 cm³/mol. The van der Waals surface area contributed by atoms with Crippen LogP contribution in [0.1, 0.15) is 39.4 Å². The Morgan fingerprint density at radius 1 is 0.737 bits per heavy atom. The van der Waals surface area contributed by atoms with Crippen molar-refractivity contribution in [3.05, 3.63) is 69.8 Å². The van der Waals surface area contributed by atoms with Crippen molar-refractivity contribution < 1.29 is 0 Å². The van der Waals surface area contributed by atoms with Gasteiger partial charge in [-0.1, -0.05) is 47.5 Å². The minimum absolute atomic E-state index is 0.264. The molecule has 0 saturated carbocycles. The van der Waals surface area contributed by atoms with E-state index in [1.54, 1.807) is 0 Å². The van der Waals surface area contributed by atoms with E-state index in [1.807, 2.05) is 7.05 Å². The number of hydrogen-bond donors (Lipinski definition) is 1. The Bertz CT molecular complexity index is 533. The summed E-state index contributed by atoms with van der Waals surface area (Å²) in [4.78, 5) is 0. The highest BCUT2D eigenvalue weighted by Crippen LogP contribution is 2.28. The monoisotopic (exact) mass is 253 g/mol. The van der Waals surface area contributed by atoms with Gasteiger partial charge in [0.1, 0.15) is 0 Å². The van der Waals surface area contributed by atoms with Gasteiger partial charge in [-0.25, -0.2) is 0 Å². The van der Waals surface area contributed by atoms with Crippen molar-refractivity contribution in [1.29, 1.82) is 0 Å². The Hall–Kier alpha value is -1.60. The number of rotatable bonds is 3. The zero-order chi connectivity index (χ0) is 14.0. The van der Waals surface area contributed by atoms with Crippen molar-refractivity contribution in [2.24, 2.45) is 0 Å². The lowest BCUT2D eigenvalue weighted by atomic mass is 9.90. The molecule has 0 aliphatic rings. The van der Waals surface area contributed by atoms with E-state index in [-0.39, 0.29) is 6.04 Å². The maximum atomic E-state index is 3.47. The third-order valence-corrected chi connectivity index (χ3v) is 3.78.